The fraction of sp³-hybridized carbons (Fsp3) is 0.222. The largest absolute Gasteiger partial charge is 0.258 e. The standard InChI is InChI=1S/C9H9N/c1-6-5-7(2)10-9(4)8(6)3/h1,3,5H,2,4H3. The fourth-order valence-corrected chi connectivity index (χ4v) is 0.869. The fourth-order valence-electron chi connectivity index (χ4n) is 0.869. The van der Waals surface area contributed by atoms with Gasteiger partial charge in [-0.1, -0.05) is 0 Å². The summed E-state index contributed by atoms with van der Waals surface area (Å²) in [5, 5.41) is 0. The summed E-state index contributed by atoms with van der Waals surface area (Å²) in [6.07, 6.45) is 0. The maximum absolute atomic E-state index is 5.56. The van der Waals surface area contributed by atoms with E-state index in [4.69, 9.17) is 13.8 Å². The van der Waals surface area contributed by atoms with Crippen molar-refractivity contribution >= 4 is 0 Å². The van der Waals surface area contributed by atoms with Gasteiger partial charge in [-0.15, -0.1) is 0 Å². The van der Waals surface area contributed by atoms with E-state index in [0.717, 1.165) is 11.4 Å². The van der Waals surface area contributed by atoms with Gasteiger partial charge in [0.1, 0.15) is 0 Å². The summed E-state index contributed by atoms with van der Waals surface area (Å²) in [5.41, 5.74) is 2.91. The zero-order chi connectivity index (χ0) is 7.72. The number of aromatic nitrogens is 1. The Morgan fingerprint density at radius 3 is 2.40 bits per heavy atom. The third kappa shape index (κ3) is 1.18. The van der Waals surface area contributed by atoms with Crippen LogP contribution in [0.1, 0.15) is 22.5 Å². The molecule has 1 heteroatoms. The van der Waals surface area contributed by atoms with E-state index in [1.165, 1.54) is 0 Å². The second-order valence-corrected chi connectivity index (χ2v) is 2.35. The van der Waals surface area contributed by atoms with Crippen molar-refractivity contribution in [3.63, 3.8) is 0 Å². The highest BCUT2D eigenvalue weighted by molar-refractivity contribution is 5.35. The molecule has 1 aromatic heterocycles. The summed E-state index contributed by atoms with van der Waals surface area (Å²) < 4.78 is 0. The summed E-state index contributed by atoms with van der Waals surface area (Å²) in [5.74, 6) is 0. The summed E-state index contributed by atoms with van der Waals surface area (Å²) in [4.78, 5) is 4.13. The molecule has 0 aliphatic rings. The van der Waals surface area contributed by atoms with Gasteiger partial charge < -0.3 is 0 Å². The number of rotatable bonds is 0. The first-order valence-electron chi connectivity index (χ1n) is 3.10. The molecule has 1 heterocycles. The summed E-state index contributed by atoms with van der Waals surface area (Å²) in [6, 6.07) is 1.77. The Bertz CT molecular complexity index is 228. The molecule has 1 rings (SSSR count). The lowest BCUT2D eigenvalue weighted by atomic mass is 10.1. The number of hydrogen-bond acceptors (Lipinski definition) is 1. The molecule has 0 spiro atoms. The molecule has 1 nitrogen and oxygen atoms in total. The lowest BCUT2D eigenvalue weighted by molar-refractivity contribution is 1.10. The molecule has 0 N–H and O–H groups in total. The second kappa shape index (κ2) is 2.41. The van der Waals surface area contributed by atoms with Crippen LogP contribution in [0.4, 0.5) is 0 Å². The average molecular weight is 131 g/mol. The smallest absolute Gasteiger partial charge is 0.0413 e. The third-order valence-electron chi connectivity index (χ3n) is 1.41. The lowest BCUT2D eigenvalue weighted by Gasteiger charge is -2.03. The van der Waals surface area contributed by atoms with Crippen molar-refractivity contribution in [3.8, 4) is 0 Å². The maximum atomic E-state index is 5.56. The molecule has 0 amide bonds. The Morgan fingerprint density at radius 2 is 1.90 bits per heavy atom. The van der Waals surface area contributed by atoms with E-state index >= 15 is 0 Å². The number of pyridine rings is 1. The van der Waals surface area contributed by atoms with Gasteiger partial charge in [-0.3, -0.25) is 4.98 Å². The zero-order valence-corrected chi connectivity index (χ0v) is 6.18. The van der Waals surface area contributed by atoms with E-state index in [0.29, 0.717) is 11.1 Å². The molecule has 0 aromatic carbocycles. The van der Waals surface area contributed by atoms with Crippen molar-refractivity contribution < 1.29 is 0 Å². The Hall–Kier alpha value is -0.850. The molecule has 0 aliphatic heterocycles. The highest BCUT2D eigenvalue weighted by Gasteiger charge is 1.98. The molecule has 0 atom stereocenters. The maximum Gasteiger partial charge on any atom is 0.0413 e. The molecule has 1 aromatic rings. The summed E-state index contributed by atoms with van der Waals surface area (Å²) in [6.45, 7) is 14.9. The van der Waals surface area contributed by atoms with Crippen LogP contribution in [0.3, 0.4) is 0 Å². The van der Waals surface area contributed by atoms with Gasteiger partial charge in [0, 0.05) is 18.3 Å². The molecular weight excluding hydrogens is 122 g/mol. The van der Waals surface area contributed by atoms with Crippen molar-refractivity contribution in [2.75, 3.05) is 0 Å². The molecule has 0 unspecified atom stereocenters. The number of aryl methyl sites for hydroxylation is 2. The highest BCUT2D eigenvalue weighted by atomic mass is 14.7. The Balaban J connectivity index is 3.31. The molecule has 0 bridgehead atoms. The molecule has 50 valence electrons. The highest BCUT2D eigenvalue weighted by Crippen LogP contribution is 2.10. The topological polar surface area (TPSA) is 12.9 Å². The minimum atomic E-state index is 0.589. The Kier molecular flexibility index (Phi) is 1.75. The third-order valence-corrected chi connectivity index (χ3v) is 1.41. The van der Waals surface area contributed by atoms with Crippen LogP contribution in [0.25, 0.3) is 0 Å². The van der Waals surface area contributed by atoms with E-state index in [2.05, 4.69) is 4.98 Å². The van der Waals surface area contributed by atoms with Gasteiger partial charge >= 0.3 is 0 Å². The van der Waals surface area contributed by atoms with E-state index < -0.39 is 0 Å². The molecule has 0 fully saturated rings. The van der Waals surface area contributed by atoms with Crippen LogP contribution in [0.2, 0.25) is 0 Å². The van der Waals surface area contributed by atoms with Crippen LogP contribution in [-0.4, -0.2) is 4.98 Å². The quantitative estimate of drug-likeness (QED) is 0.523. The van der Waals surface area contributed by atoms with Crippen molar-refractivity contribution in [2.45, 2.75) is 13.8 Å². The number of nitrogens with zero attached hydrogens (tertiary/aromatic N) is 1. The zero-order valence-electron chi connectivity index (χ0n) is 6.18. The molecule has 10 heavy (non-hydrogen) atoms. The van der Waals surface area contributed by atoms with Crippen LogP contribution in [-0.2, 0) is 0 Å². The predicted octanol–water partition coefficient (Wildman–Crippen LogP) is 1.82. The van der Waals surface area contributed by atoms with Gasteiger partial charge in [-0.05, 0) is 38.0 Å². The SMILES string of the molecule is [CH]c1cc(C)nc(C)c1[CH]. The second-order valence-electron chi connectivity index (χ2n) is 2.35. The van der Waals surface area contributed by atoms with Gasteiger partial charge in [0.15, 0.2) is 0 Å². The minimum Gasteiger partial charge on any atom is -0.258 e. The van der Waals surface area contributed by atoms with E-state index in [1.807, 2.05) is 13.8 Å². The first-order chi connectivity index (χ1) is 4.61. The summed E-state index contributed by atoms with van der Waals surface area (Å²) >= 11 is 0. The first-order valence-corrected chi connectivity index (χ1v) is 3.10. The van der Waals surface area contributed by atoms with Crippen LogP contribution < -0.4 is 0 Å². The van der Waals surface area contributed by atoms with E-state index in [9.17, 15) is 0 Å². The van der Waals surface area contributed by atoms with Gasteiger partial charge in [-0.25, -0.2) is 0 Å². The van der Waals surface area contributed by atoms with Gasteiger partial charge in [-0.2, -0.15) is 0 Å². The van der Waals surface area contributed by atoms with Crippen LogP contribution >= 0.6 is 0 Å². The summed E-state index contributed by atoms with van der Waals surface area (Å²) in [7, 11) is 0. The van der Waals surface area contributed by atoms with Crippen molar-refractivity contribution in [1.82, 2.24) is 4.98 Å². The normalized spacial score (nSPS) is 10.0. The van der Waals surface area contributed by atoms with Crippen molar-refractivity contribution in [3.05, 3.63) is 42.4 Å². The molecule has 0 saturated heterocycles. The molecule has 0 aliphatic carbocycles. The minimum absolute atomic E-state index is 0.589. The molecule has 4 radical (unpaired) electrons. The van der Waals surface area contributed by atoms with Crippen LogP contribution in [0, 0.1) is 27.7 Å². The average Bonchev–Trinajstić information content (AvgIpc) is 1.82. The lowest BCUT2D eigenvalue weighted by Crippen LogP contribution is -1.92. The number of hydrogen-bond donors (Lipinski definition) is 0. The first kappa shape index (κ1) is 7.26. The van der Waals surface area contributed by atoms with Gasteiger partial charge in [0.25, 0.3) is 0 Å². The molecule has 0 saturated carbocycles. The predicted molar refractivity (Wildman–Crippen MR) is 40.5 cm³/mol. The van der Waals surface area contributed by atoms with E-state index in [-0.39, 0.29) is 0 Å². The van der Waals surface area contributed by atoms with Crippen LogP contribution in [0.5, 0.6) is 0 Å². The van der Waals surface area contributed by atoms with Crippen LogP contribution in [0.15, 0.2) is 6.07 Å². The Labute approximate surface area is 62.1 Å². The van der Waals surface area contributed by atoms with Crippen molar-refractivity contribution in [1.29, 1.82) is 0 Å². The van der Waals surface area contributed by atoms with Crippen molar-refractivity contribution in [2.24, 2.45) is 0 Å². The monoisotopic (exact) mass is 131 g/mol. The van der Waals surface area contributed by atoms with Gasteiger partial charge in [0.2, 0.25) is 0 Å². The van der Waals surface area contributed by atoms with E-state index in [1.54, 1.807) is 6.07 Å². The van der Waals surface area contributed by atoms with Gasteiger partial charge in [0.05, 0.1) is 0 Å². The molecular formula is C9H9N. The Morgan fingerprint density at radius 1 is 1.30 bits per heavy atom.